The number of hydrogen-bond acceptors (Lipinski definition) is 9. The van der Waals surface area contributed by atoms with E-state index in [4.69, 9.17) is 14.2 Å². The van der Waals surface area contributed by atoms with Gasteiger partial charge in [-0.15, -0.1) is 0 Å². The summed E-state index contributed by atoms with van der Waals surface area (Å²) >= 11 is 0. The van der Waals surface area contributed by atoms with E-state index in [1.54, 1.807) is 12.1 Å². The van der Waals surface area contributed by atoms with Gasteiger partial charge in [0.15, 0.2) is 23.1 Å². The Labute approximate surface area is 234 Å². The minimum Gasteiger partial charge on any atom is -0.490 e. The molecule has 0 amide bonds. The second-order valence-corrected chi connectivity index (χ2v) is 11.6. The Bertz CT molecular complexity index is 1110. The van der Waals surface area contributed by atoms with Gasteiger partial charge in [0.25, 0.3) is 0 Å². The van der Waals surface area contributed by atoms with Gasteiger partial charge in [-0.25, -0.2) is 9.37 Å². The molecule has 2 N–H and O–H groups in total. The van der Waals surface area contributed by atoms with Gasteiger partial charge in [-0.3, -0.25) is 9.80 Å². The molecular formula is C28H41F3N6O3. The van der Waals surface area contributed by atoms with E-state index in [1.807, 2.05) is 0 Å². The maximum absolute atomic E-state index is 14.7. The largest absolute Gasteiger partial charge is 0.490 e. The zero-order valence-corrected chi connectivity index (χ0v) is 24.0. The summed E-state index contributed by atoms with van der Waals surface area (Å²) in [6.45, 7) is 10.0. The molecule has 0 bridgehead atoms. The number of halogens is 3. The number of nitrogens with one attached hydrogen (secondary N) is 2. The maximum Gasteiger partial charge on any atom is 0.387 e. The van der Waals surface area contributed by atoms with Gasteiger partial charge in [0.05, 0.1) is 26.0 Å². The number of hydrogen-bond donors (Lipinski definition) is 2. The number of piperidine rings is 1. The number of alkyl halides is 2. The number of likely N-dealkylation sites (tertiary alicyclic amines) is 1. The molecule has 222 valence electrons. The Morgan fingerprint density at radius 3 is 2.48 bits per heavy atom. The van der Waals surface area contributed by atoms with Crippen molar-refractivity contribution < 1.29 is 27.4 Å². The molecule has 40 heavy (non-hydrogen) atoms. The van der Waals surface area contributed by atoms with Crippen molar-refractivity contribution in [3.05, 3.63) is 30.2 Å². The van der Waals surface area contributed by atoms with Gasteiger partial charge in [0.1, 0.15) is 0 Å². The van der Waals surface area contributed by atoms with Crippen LogP contribution < -0.4 is 20.1 Å². The molecule has 0 aliphatic carbocycles. The van der Waals surface area contributed by atoms with E-state index in [0.29, 0.717) is 25.5 Å². The second-order valence-electron chi connectivity index (χ2n) is 11.6. The van der Waals surface area contributed by atoms with Crippen molar-refractivity contribution >= 4 is 17.5 Å². The zero-order valence-electron chi connectivity index (χ0n) is 24.0. The third kappa shape index (κ3) is 7.88. The summed E-state index contributed by atoms with van der Waals surface area (Å²) in [6, 6.07) is 4.60. The molecule has 2 aliphatic heterocycles. The van der Waals surface area contributed by atoms with Crippen LogP contribution >= 0.6 is 0 Å². The van der Waals surface area contributed by atoms with Gasteiger partial charge in [-0.05, 0) is 66.1 Å². The van der Waals surface area contributed by atoms with Gasteiger partial charge < -0.3 is 24.8 Å². The number of anilines is 3. The molecule has 1 aromatic carbocycles. The molecule has 0 radical (unpaired) electrons. The van der Waals surface area contributed by atoms with Crippen molar-refractivity contribution in [2.24, 2.45) is 0 Å². The Morgan fingerprint density at radius 2 is 1.80 bits per heavy atom. The fraction of sp³-hybridized carbons (Fsp3) is 0.643. The van der Waals surface area contributed by atoms with Crippen LogP contribution in [-0.2, 0) is 4.74 Å². The molecule has 12 heteroatoms. The molecule has 2 aliphatic rings. The summed E-state index contributed by atoms with van der Waals surface area (Å²) in [6.07, 6.45) is 3.44. The highest BCUT2D eigenvalue weighted by atomic mass is 19.3. The van der Waals surface area contributed by atoms with Gasteiger partial charge in [-0.1, -0.05) is 0 Å². The Balaban J connectivity index is 1.41. The first kappa shape index (κ1) is 30.1. The quantitative estimate of drug-likeness (QED) is 0.360. The first-order chi connectivity index (χ1) is 18.9. The third-order valence-electron chi connectivity index (χ3n) is 7.79. The Hall–Kier alpha value is -2.83. The highest BCUT2D eigenvalue weighted by molar-refractivity contribution is 5.60. The van der Waals surface area contributed by atoms with Gasteiger partial charge >= 0.3 is 6.61 Å². The summed E-state index contributed by atoms with van der Waals surface area (Å²) in [5.74, 6) is -0.256. The molecule has 2 saturated heterocycles. The number of ether oxygens (including phenoxy) is 3. The number of morpholine rings is 1. The Kier molecular flexibility index (Phi) is 9.63. The molecule has 4 rings (SSSR count). The molecule has 1 aromatic heterocycles. The smallest absolute Gasteiger partial charge is 0.387 e. The van der Waals surface area contributed by atoms with Crippen molar-refractivity contribution in [3.8, 4) is 11.5 Å². The maximum atomic E-state index is 14.7. The number of aromatic nitrogens is 2. The van der Waals surface area contributed by atoms with Crippen molar-refractivity contribution in [3.63, 3.8) is 0 Å². The van der Waals surface area contributed by atoms with Crippen LogP contribution in [0.1, 0.15) is 47.0 Å². The van der Waals surface area contributed by atoms with E-state index in [9.17, 15) is 13.2 Å². The topological polar surface area (TPSA) is 84.0 Å². The zero-order chi connectivity index (χ0) is 28.9. The predicted molar refractivity (Wildman–Crippen MR) is 148 cm³/mol. The van der Waals surface area contributed by atoms with E-state index in [2.05, 4.69) is 65.1 Å². The van der Waals surface area contributed by atoms with E-state index >= 15 is 0 Å². The fourth-order valence-corrected chi connectivity index (χ4v) is 5.51. The van der Waals surface area contributed by atoms with E-state index in [0.717, 1.165) is 45.1 Å². The summed E-state index contributed by atoms with van der Waals surface area (Å²) in [5, 5.41) is 6.22. The van der Waals surface area contributed by atoms with Gasteiger partial charge in [-0.2, -0.15) is 13.8 Å². The van der Waals surface area contributed by atoms with Crippen LogP contribution in [0.15, 0.2) is 24.4 Å². The highest BCUT2D eigenvalue weighted by Gasteiger charge is 2.43. The fourth-order valence-electron chi connectivity index (χ4n) is 5.51. The molecule has 0 atom stereocenters. The minimum absolute atomic E-state index is 0.00386. The first-order valence-electron chi connectivity index (χ1n) is 13.7. The van der Waals surface area contributed by atoms with Gasteiger partial charge in [0.2, 0.25) is 5.95 Å². The van der Waals surface area contributed by atoms with Crippen molar-refractivity contribution in [1.29, 1.82) is 0 Å². The summed E-state index contributed by atoms with van der Waals surface area (Å²) in [5.41, 5.74) is 0.227. The van der Waals surface area contributed by atoms with Crippen LogP contribution in [0, 0.1) is 5.82 Å². The van der Waals surface area contributed by atoms with Gasteiger partial charge in [0, 0.05) is 48.5 Å². The van der Waals surface area contributed by atoms with Crippen LogP contribution in [0.2, 0.25) is 0 Å². The molecule has 2 aromatic rings. The average Bonchev–Trinajstić information content (AvgIpc) is 2.88. The van der Waals surface area contributed by atoms with Crippen molar-refractivity contribution in [2.75, 3.05) is 57.1 Å². The number of benzene rings is 1. The van der Waals surface area contributed by atoms with E-state index < -0.39 is 12.4 Å². The van der Waals surface area contributed by atoms with Crippen LogP contribution in [-0.4, -0.2) is 90.0 Å². The monoisotopic (exact) mass is 566 g/mol. The molecule has 3 heterocycles. The van der Waals surface area contributed by atoms with Crippen molar-refractivity contribution in [2.45, 2.75) is 70.7 Å². The second kappa shape index (κ2) is 12.8. The van der Waals surface area contributed by atoms with Crippen LogP contribution in [0.5, 0.6) is 11.5 Å². The number of rotatable bonds is 11. The predicted octanol–water partition coefficient (Wildman–Crippen LogP) is 5.13. The number of nitrogens with zero attached hydrogens (tertiary/aromatic N) is 4. The lowest BCUT2D eigenvalue weighted by atomic mass is 9.77. The lowest BCUT2D eigenvalue weighted by molar-refractivity contribution is -0.0514. The summed E-state index contributed by atoms with van der Waals surface area (Å²) in [4.78, 5) is 13.0. The average molecular weight is 567 g/mol. The van der Waals surface area contributed by atoms with E-state index in [1.165, 1.54) is 6.07 Å². The molecule has 0 spiro atoms. The molecule has 2 fully saturated rings. The van der Waals surface area contributed by atoms with E-state index in [-0.39, 0.29) is 40.4 Å². The summed E-state index contributed by atoms with van der Waals surface area (Å²) in [7, 11) is 2.11. The van der Waals surface area contributed by atoms with Crippen molar-refractivity contribution in [1.82, 2.24) is 19.8 Å². The SMILES string of the molecule is CN1C(C)(C)CC(Nc2nc(Nc3ccc(OCCCN4CCOCC4)c(OC(F)F)c3)ncc2F)CC1(C)C. The normalized spacial score (nSPS) is 19.9. The lowest BCUT2D eigenvalue weighted by Crippen LogP contribution is -2.61. The van der Waals surface area contributed by atoms with Crippen LogP contribution in [0.25, 0.3) is 0 Å². The molecular weight excluding hydrogens is 525 g/mol. The highest BCUT2D eigenvalue weighted by Crippen LogP contribution is 2.38. The van der Waals surface area contributed by atoms with Crippen LogP contribution in [0.4, 0.5) is 30.6 Å². The standard InChI is InChI=1S/C28H41F3N6O3/c1-27(2)16-20(17-28(3,4)36(27)5)33-24-21(29)18-32-26(35-24)34-19-7-8-22(23(15-19)40-25(30)31)39-12-6-9-37-10-13-38-14-11-37/h7-8,15,18,20,25H,6,9-14,16-17H2,1-5H3,(H2,32,33,34,35). The summed E-state index contributed by atoms with van der Waals surface area (Å²) < 4.78 is 56.8. The molecule has 0 unspecified atom stereocenters. The minimum atomic E-state index is -3.02. The third-order valence-corrected chi connectivity index (χ3v) is 7.79. The Morgan fingerprint density at radius 1 is 1.10 bits per heavy atom. The first-order valence-corrected chi connectivity index (χ1v) is 13.7. The lowest BCUT2D eigenvalue weighted by Gasteiger charge is -2.53. The van der Waals surface area contributed by atoms with Crippen LogP contribution in [0.3, 0.4) is 0 Å². The molecule has 9 nitrogen and oxygen atoms in total. The molecule has 0 saturated carbocycles.